The van der Waals surface area contributed by atoms with Gasteiger partial charge in [-0.1, -0.05) is 37.2 Å². The van der Waals surface area contributed by atoms with Crippen molar-refractivity contribution in [2.45, 2.75) is 33.6 Å². The van der Waals surface area contributed by atoms with Gasteiger partial charge in [0.05, 0.1) is 0 Å². The zero-order valence-electron chi connectivity index (χ0n) is 16.2. The predicted octanol–water partition coefficient (Wildman–Crippen LogP) is 4.61. The van der Waals surface area contributed by atoms with Crippen LogP contribution in [-0.4, -0.2) is 17.0 Å². The Morgan fingerprint density at radius 1 is 0.893 bits per heavy atom. The van der Waals surface area contributed by atoms with Crippen LogP contribution in [0.25, 0.3) is 0 Å². The van der Waals surface area contributed by atoms with E-state index in [4.69, 9.17) is 4.52 Å². The average molecular weight is 377 g/mol. The molecule has 0 spiro atoms. The zero-order valence-corrected chi connectivity index (χ0v) is 16.2. The lowest BCUT2D eigenvalue weighted by Gasteiger charge is -2.14. The van der Waals surface area contributed by atoms with Gasteiger partial charge in [0.25, 0.3) is 11.8 Å². The van der Waals surface area contributed by atoms with Crippen molar-refractivity contribution >= 4 is 23.3 Å². The third-order valence-electron chi connectivity index (χ3n) is 4.52. The topological polar surface area (TPSA) is 84.2 Å². The van der Waals surface area contributed by atoms with Crippen molar-refractivity contribution in [2.24, 2.45) is 0 Å². The molecule has 3 rings (SSSR count). The van der Waals surface area contributed by atoms with Gasteiger partial charge in [-0.2, -0.15) is 0 Å². The fraction of sp³-hybridized carbons (Fsp3) is 0.227. The summed E-state index contributed by atoms with van der Waals surface area (Å²) in [6, 6.07) is 14.2. The number of para-hydroxylation sites is 1. The normalized spacial score (nSPS) is 10.5. The predicted molar refractivity (Wildman–Crippen MR) is 109 cm³/mol. The van der Waals surface area contributed by atoms with Gasteiger partial charge < -0.3 is 15.2 Å². The summed E-state index contributed by atoms with van der Waals surface area (Å²) in [5, 5.41) is 9.42. The van der Waals surface area contributed by atoms with Crippen LogP contribution < -0.4 is 10.6 Å². The number of amides is 2. The van der Waals surface area contributed by atoms with Crippen LogP contribution in [0.4, 0.5) is 11.5 Å². The van der Waals surface area contributed by atoms with E-state index in [9.17, 15) is 9.59 Å². The highest BCUT2D eigenvalue weighted by Gasteiger charge is 2.13. The second-order valence-corrected chi connectivity index (χ2v) is 6.47. The summed E-state index contributed by atoms with van der Waals surface area (Å²) in [5.41, 5.74) is 4.00. The molecule has 1 aromatic heterocycles. The largest absolute Gasteiger partial charge is 0.360 e. The number of benzene rings is 2. The number of rotatable bonds is 6. The second kappa shape index (κ2) is 8.52. The maximum atomic E-state index is 12.7. The lowest BCUT2D eigenvalue weighted by molar-refractivity contribution is 0.101. The summed E-state index contributed by atoms with van der Waals surface area (Å²) < 4.78 is 4.93. The quantitative estimate of drug-likeness (QED) is 0.657. The SMILES string of the molecule is CCc1cccc(CC)c1NC(=O)c1ccc(C(=O)Nc2cc(C)on2)cc1. The number of aromatic nitrogens is 1. The summed E-state index contributed by atoms with van der Waals surface area (Å²) in [7, 11) is 0. The number of hydrogen-bond acceptors (Lipinski definition) is 4. The van der Waals surface area contributed by atoms with Crippen LogP contribution in [0.2, 0.25) is 0 Å². The van der Waals surface area contributed by atoms with E-state index in [1.807, 2.05) is 18.2 Å². The molecular weight excluding hydrogens is 354 g/mol. The smallest absolute Gasteiger partial charge is 0.256 e. The maximum Gasteiger partial charge on any atom is 0.256 e. The van der Waals surface area contributed by atoms with E-state index in [1.165, 1.54) is 0 Å². The van der Waals surface area contributed by atoms with Crippen LogP contribution in [0.1, 0.15) is 51.5 Å². The molecule has 2 N–H and O–H groups in total. The van der Waals surface area contributed by atoms with Crippen LogP contribution in [0.3, 0.4) is 0 Å². The van der Waals surface area contributed by atoms with Crippen LogP contribution in [0, 0.1) is 6.92 Å². The number of hydrogen-bond donors (Lipinski definition) is 2. The highest BCUT2D eigenvalue weighted by Crippen LogP contribution is 2.23. The molecule has 2 amide bonds. The lowest BCUT2D eigenvalue weighted by atomic mass is 10.0. The molecule has 0 saturated heterocycles. The molecule has 3 aromatic rings. The van der Waals surface area contributed by atoms with Crippen molar-refractivity contribution in [3.8, 4) is 0 Å². The third-order valence-corrected chi connectivity index (χ3v) is 4.52. The van der Waals surface area contributed by atoms with Gasteiger partial charge in [-0.3, -0.25) is 9.59 Å². The molecule has 0 radical (unpaired) electrons. The van der Waals surface area contributed by atoms with E-state index in [-0.39, 0.29) is 11.8 Å². The number of nitrogens with one attached hydrogen (secondary N) is 2. The van der Waals surface area contributed by atoms with Crippen LogP contribution in [0.5, 0.6) is 0 Å². The van der Waals surface area contributed by atoms with Crippen molar-refractivity contribution in [3.05, 3.63) is 76.5 Å². The Morgan fingerprint density at radius 3 is 1.89 bits per heavy atom. The summed E-state index contributed by atoms with van der Waals surface area (Å²) in [4.78, 5) is 25.0. The third kappa shape index (κ3) is 4.28. The van der Waals surface area contributed by atoms with E-state index >= 15 is 0 Å². The number of carbonyl (C=O) groups excluding carboxylic acids is 2. The van der Waals surface area contributed by atoms with Crippen molar-refractivity contribution in [1.29, 1.82) is 0 Å². The Bertz CT molecular complexity index is 968. The van der Waals surface area contributed by atoms with Crippen molar-refractivity contribution in [2.75, 3.05) is 10.6 Å². The molecule has 0 fully saturated rings. The average Bonchev–Trinajstić information content (AvgIpc) is 3.12. The van der Waals surface area contributed by atoms with Gasteiger partial charge in [0.15, 0.2) is 5.82 Å². The van der Waals surface area contributed by atoms with Crippen LogP contribution >= 0.6 is 0 Å². The Labute approximate surface area is 163 Å². The minimum atomic E-state index is -0.315. The monoisotopic (exact) mass is 377 g/mol. The molecule has 6 nitrogen and oxygen atoms in total. The van der Waals surface area contributed by atoms with Crippen LogP contribution in [-0.2, 0) is 12.8 Å². The maximum absolute atomic E-state index is 12.7. The fourth-order valence-corrected chi connectivity index (χ4v) is 2.98. The summed E-state index contributed by atoms with van der Waals surface area (Å²) in [6.45, 7) is 5.87. The van der Waals surface area contributed by atoms with E-state index in [0.717, 1.165) is 29.7 Å². The van der Waals surface area contributed by atoms with Crippen LogP contribution in [0.15, 0.2) is 53.1 Å². The highest BCUT2D eigenvalue weighted by molar-refractivity contribution is 6.07. The first-order chi connectivity index (χ1) is 13.5. The molecule has 0 aliphatic carbocycles. The first-order valence-electron chi connectivity index (χ1n) is 9.28. The van der Waals surface area contributed by atoms with E-state index < -0.39 is 0 Å². The molecular formula is C22H23N3O3. The summed E-state index contributed by atoms with van der Waals surface area (Å²) >= 11 is 0. The van der Waals surface area contributed by atoms with Crippen molar-refractivity contribution in [1.82, 2.24) is 5.16 Å². The molecule has 0 atom stereocenters. The number of aryl methyl sites for hydroxylation is 3. The fourth-order valence-electron chi connectivity index (χ4n) is 2.98. The Morgan fingerprint density at radius 2 is 1.43 bits per heavy atom. The van der Waals surface area contributed by atoms with Gasteiger partial charge in [0.1, 0.15) is 5.76 Å². The Hall–Kier alpha value is -3.41. The first kappa shape index (κ1) is 19.4. The van der Waals surface area contributed by atoms with E-state index in [0.29, 0.717) is 22.7 Å². The molecule has 28 heavy (non-hydrogen) atoms. The van der Waals surface area contributed by atoms with Gasteiger partial charge in [-0.05, 0) is 55.2 Å². The van der Waals surface area contributed by atoms with E-state index in [2.05, 4.69) is 29.6 Å². The van der Waals surface area contributed by atoms with Crippen molar-refractivity contribution < 1.29 is 14.1 Å². The van der Waals surface area contributed by atoms with Gasteiger partial charge in [0, 0.05) is 22.9 Å². The molecule has 0 bridgehead atoms. The second-order valence-electron chi connectivity index (χ2n) is 6.47. The standard InChI is InChI=1S/C22H23N3O3/c1-4-15-7-6-8-16(5-2)20(15)24-22(27)18-11-9-17(10-12-18)21(26)23-19-13-14(3)28-25-19/h6-13H,4-5H2,1-3H3,(H,24,27)(H,23,25,26). The minimum Gasteiger partial charge on any atom is -0.360 e. The molecule has 0 aliphatic heterocycles. The number of nitrogens with zero attached hydrogens (tertiary/aromatic N) is 1. The number of carbonyl (C=O) groups is 2. The van der Waals surface area contributed by atoms with Crippen molar-refractivity contribution in [3.63, 3.8) is 0 Å². The summed E-state index contributed by atoms with van der Waals surface area (Å²) in [6.07, 6.45) is 1.67. The highest BCUT2D eigenvalue weighted by atomic mass is 16.5. The number of anilines is 2. The summed E-state index contributed by atoms with van der Waals surface area (Å²) in [5.74, 6) is 0.452. The molecule has 144 valence electrons. The van der Waals surface area contributed by atoms with Gasteiger partial charge >= 0.3 is 0 Å². The zero-order chi connectivity index (χ0) is 20.1. The molecule has 6 heteroatoms. The molecule has 0 saturated carbocycles. The molecule has 1 heterocycles. The molecule has 2 aromatic carbocycles. The van der Waals surface area contributed by atoms with Gasteiger partial charge in [-0.25, -0.2) is 0 Å². The minimum absolute atomic E-state index is 0.199. The lowest BCUT2D eigenvalue weighted by Crippen LogP contribution is -2.16. The van der Waals surface area contributed by atoms with Gasteiger partial charge in [0.2, 0.25) is 0 Å². The van der Waals surface area contributed by atoms with E-state index in [1.54, 1.807) is 37.3 Å². The Balaban J connectivity index is 1.73. The molecule has 0 aliphatic rings. The first-order valence-corrected chi connectivity index (χ1v) is 9.28. The Kier molecular flexibility index (Phi) is 5.89. The van der Waals surface area contributed by atoms with Gasteiger partial charge in [-0.15, -0.1) is 0 Å². The molecule has 0 unspecified atom stereocenters.